The van der Waals surface area contributed by atoms with Crippen molar-refractivity contribution in [3.63, 3.8) is 0 Å². The van der Waals surface area contributed by atoms with Crippen molar-refractivity contribution in [2.75, 3.05) is 7.05 Å². The van der Waals surface area contributed by atoms with Gasteiger partial charge in [0, 0.05) is 31.9 Å². The molecule has 0 spiro atoms. The minimum atomic E-state index is -3.04. The molecule has 27 heavy (non-hydrogen) atoms. The number of halogens is 6. The molecule has 0 bridgehead atoms. The van der Waals surface area contributed by atoms with Gasteiger partial charge in [-0.05, 0) is 18.2 Å². The average Bonchev–Trinajstić information content (AvgIpc) is 2.83. The Bertz CT molecular complexity index is 802. The van der Waals surface area contributed by atoms with Crippen LogP contribution in [-0.2, 0) is 20.1 Å². The minimum absolute atomic E-state index is 0. The molecule has 0 atom stereocenters. The van der Waals surface area contributed by atoms with Gasteiger partial charge in [-0.2, -0.15) is 8.78 Å². The molecular weight excluding hydrogens is 519 g/mol. The Morgan fingerprint density at radius 2 is 1.93 bits per heavy atom. The number of benzene rings is 1. The lowest BCUT2D eigenvalue weighted by Crippen LogP contribution is -2.37. The molecule has 0 aliphatic heterocycles. The molecule has 0 radical (unpaired) electrons. The molecule has 2 N–H and O–H groups in total. The molecule has 1 heterocycles. The van der Waals surface area contributed by atoms with E-state index in [0.717, 1.165) is 5.69 Å². The highest BCUT2D eigenvalue weighted by molar-refractivity contribution is 14.0. The lowest BCUT2D eigenvalue weighted by molar-refractivity contribution is -0.0506. The van der Waals surface area contributed by atoms with Gasteiger partial charge in [0.1, 0.15) is 16.7 Å². The topological polar surface area (TPSA) is 50.6 Å². The average molecular weight is 537 g/mol. The molecule has 1 aromatic heterocycles. The Kier molecular flexibility index (Phi) is 9.54. The Hall–Kier alpha value is -1.33. The standard InChI is InChI=1S/C16H17Cl2F3N4O.HI/c1-22-16(23-7-9-6-11(17)14(18)25(9)2)24-8-10-12(19)4-3-5-13(10)26-15(20)21;/h3-6,15H,7-8H2,1-2H3,(H2,22,23,24);1H. The van der Waals surface area contributed by atoms with Gasteiger partial charge in [0.15, 0.2) is 5.96 Å². The summed E-state index contributed by atoms with van der Waals surface area (Å²) < 4.78 is 44.9. The normalized spacial score (nSPS) is 11.3. The van der Waals surface area contributed by atoms with Crippen LogP contribution >= 0.6 is 47.2 Å². The van der Waals surface area contributed by atoms with Crippen LogP contribution in [0.1, 0.15) is 11.3 Å². The SMILES string of the molecule is CN=C(NCc1c(F)cccc1OC(F)F)NCc1cc(Cl)c(Cl)n1C.I. The van der Waals surface area contributed by atoms with Gasteiger partial charge in [0.05, 0.1) is 11.6 Å². The van der Waals surface area contributed by atoms with Crippen molar-refractivity contribution in [2.24, 2.45) is 12.0 Å². The van der Waals surface area contributed by atoms with Crippen LogP contribution in [0.3, 0.4) is 0 Å². The highest BCUT2D eigenvalue weighted by Crippen LogP contribution is 2.25. The number of alkyl halides is 2. The number of aliphatic imine (C=N–C) groups is 1. The van der Waals surface area contributed by atoms with Crippen LogP contribution in [0.4, 0.5) is 13.2 Å². The molecular formula is C16H18Cl2F3IN4O. The highest BCUT2D eigenvalue weighted by atomic mass is 127. The fourth-order valence-electron chi connectivity index (χ4n) is 2.24. The van der Waals surface area contributed by atoms with Gasteiger partial charge >= 0.3 is 6.61 Å². The van der Waals surface area contributed by atoms with E-state index in [9.17, 15) is 13.2 Å². The molecule has 0 saturated heterocycles. The fourth-order valence-corrected chi connectivity index (χ4v) is 2.66. The maximum absolute atomic E-state index is 13.9. The lowest BCUT2D eigenvalue weighted by Gasteiger charge is -2.15. The summed E-state index contributed by atoms with van der Waals surface area (Å²) in [7, 11) is 3.28. The van der Waals surface area contributed by atoms with Crippen molar-refractivity contribution >= 4 is 53.1 Å². The molecule has 0 aliphatic carbocycles. The second-order valence-corrected chi connectivity index (χ2v) is 5.97. The van der Waals surface area contributed by atoms with Crippen molar-refractivity contribution in [3.8, 4) is 5.75 Å². The van der Waals surface area contributed by atoms with Gasteiger partial charge in [-0.25, -0.2) is 4.39 Å². The minimum Gasteiger partial charge on any atom is -0.434 e. The van der Waals surface area contributed by atoms with E-state index in [-0.39, 0.29) is 41.8 Å². The predicted molar refractivity (Wildman–Crippen MR) is 111 cm³/mol. The monoisotopic (exact) mass is 536 g/mol. The van der Waals surface area contributed by atoms with E-state index >= 15 is 0 Å². The molecule has 150 valence electrons. The van der Waals surface area contributed by atoms with Gasteiger partial charge in [-0.1, -0.05) is 29.3 Å². The molecule has 0 saturated carbocycles. The first kappa shape index (κ1) is 23.7. The van der Waals surface area contributed by atoms with Crippen LogP contribution < -0.4 is 15.4 Å². The van der Waals surface area contributed by atoms with E-state index in [0.29, 0.717) is 22.7 Å². The zero-order valence-corrected chi connectivity index (χ0v) is 18.2. The molecule has 2 rings (SSSR count). The highest BCUT2D eigenvalue weighted by Gasteiger charge is 2.14. The summed E-state index contributed by atoms with van der Waals surface area (Å²) in [6.45, 7) is -2.79. The van der Waals surface area contributed by atoms with Crippen molar-refractivity contribution in [2.45, 2.75) is 19.7 Å². The summed E-state index contributed by atoms with van der Waals surface area (Å²) in [6.07, 6.45) is 0. The van der Waals surface area contributed by atoms with E-state index in [1.807, 2.05) is 0 Å². The maximum Gasteiger partial charge on any atom is 0.387 e. The Balaban J connectivity index is 0.00000364. The summed E-state index contributed by atoms with van der Waals surface area (Å²) in [5.74, 6) is -0.555. The zero-order valence-electron chi connectivity index (χ0n) is 14.4. The second-order valence-electron chi connectivity index (χ2n) is 5.21. The van der Waals surface area contributed by atoms with Crippen LogP contribution in [0.15, 0.2) is 29.3 Å². The lowest BCUT2D eigenvalue weighted by atomic mass is 10.2. The van der Waals surface area contributed by atoms with Crippen molar-refractivity contribution in [1.29, 1.82) is 0 Å². The van der Waals surface area contributed by atoms with E-state index in [1.54, 1.807) is 17.7 Å². The van der Waals surface area contributed by atoms with Gasteiger partial charge in [0.2, 0.25) is 0 Å². The number of ether oxygens (including phenoxy) is 1. The third-order valence-electron chi connectivity index (χ3n) is 3.60. The first-order valence-electron chi connectivity index (χ1n) is 7.49. The number of aromatic nitrogens is 1. The summed E-state index contributed by atoms with van der Waals surface area (Å²) in [6, 6.07) is 5.44. The van der Waals surface area contributed by atoms with Crippen molar-refractivity contribution < 1.29 is 17.9 Å². The summed E-state index contributed by atoms with van der Waals surface area (Å²) >= 11 is 12.0. The number of hydrogen-bond acceptors (Lipinski definition) is 2. The smallest absolute Gasteiger partial charge is 0.387 e. The van der Waals surface area contributed by atoms with Gasteiger partial charge < -0.3 is 19.9 Å². The fraction of sp³-hybridized carbons (Fsp3) is 0.312. The molecule has 0 unspecified atom stereocenters. The van der Waals surface area contributed by atoms with Crippen LogP contribution in [0, 0.1) is 5.82 Å². The Labute approximate surface area is 181 Å². The third kappa shape index (κ3) is 6.35. The van der Waals surface area contributed by atoms with Gasteiger partial charge in [0.25, 0.3) is 0 Å². The molecule has 0 amide bonds. The maximum atomic E-state index is 13.9. The van der Waals surface area contributed by atoms with E-state index in [1.165, 1.54) is 25.2 Å². The molecule has 0 fully saturated rings. The van der Waals surface area contributed by atoms with Crippen molar-refractivity contribution in [3.05, 3.63) is 51.5 Å². The van der Waals surface area contributed by atoms with Gasteiger partial charge in [-0.15, -0.1) is 24.0 Å². The van der Waals surface area contributed by atoms with Crippen molar-refractivity contribution in [1.82, 2.24) is 15.2 Å². The number of rotatable bonds is 6. The Morgan fingerprint density at radius 1 is 1.26 bits per heavy atom. The number of nitrogens with one attached hydrogen (secondary N) is 2. The van der Waals surface area contributed by atoms with Crippen LogP contribution in [0.25, 0.3) is 0 Å². The second kappa shape index (κ2) is 10.9. The van der Waals surface area contributed by atoms with E-state index in [2.05, 4.69) is 20.4 Å². The third-order valence-corrected chi connectivity index (χ3v) is 4.44. The van der Waals surface area contributed by atoms with E-state index in [4.69, 9.17) is 23.2 Å². The zero-order chi connectivity index (χ0) is 19.3. The largest absolute Gasteiger partial charge is 0.434 e. The summed E-state index contributed by atoms with van der Waals surface area (Å²) in [4.78, 5) is 4.01. The first-order chi connectivity index (χ1) is 12.3. The Morgan fingerprint density at radius 3 is 2.48 bits per heavy atom. The first-order valence-corrected chi connectivity index (χ1v) is 8.25. The van der Waals surface area contributed by atoms with E-state index < -0.39 is 12.4 Å². The molecule has 11 heteroatoms. The molecule has 1 aromatic carbocycles. The summed E-state index contributed by atoms with van der Waals surface area (Å²) in [5, 5.41) is 6.69. The number of hydrogen-bond donors (Lipinski definition) is 2. The van der Waals surface area contributed by atoms with Crippen LogP contribution in [0.5, 0.6) is 5.75 Å². The van der Waals surface area contributed by atoms with Crippen LogP contribution in [-0.4, -0.2) is 24.2 Å². The molecule has 5 nitrogen and oxygen atoms in total. The number of guanidine groups is 1. The number of nitrogens with zero attached hydrogens (tertiary/aromatic N) is 2. The summed E-state index contributed by atoms with van der Waals surface area (Å²) in [5.41, 5.74) is 0.774. The molecule has 2 aromatic rings. The quantitative estimate of drug-likeness (QED) is 0.323. The van der Waals surface area contributed by atoms with Gasteiger partial charge in [-0.3, -0.25) is 4.99 Å². The molecule has 0 aliphatic rings. The van der Waals surface area contributed by atoms with Crippen LogP contribution in [0.2, 0.25) is 10.2 Å². The predicted octanol–water partition coefficient (Wildman–Crippen LogP) is 4.56.